The first-order chi connectivity index (χ1) is 9.77. The Labute approximate surface area is 121 Å². The molecule has 0 bridgehead atoms. The van der Waals surface area contributed by atoms with Crippen molar-refractivity contribution in [3.63, 3.8) is 0 Å². The molecule has 21 heavy (non-hydrogen) atoms. The van der Waals surface area contributed by atoms with E-state index in [1.54, 1.807) is 19.1 Å². The predicted octanol–water partition coefficient (Wildman–Crippen LogP) is 2.79. The summed E-state index contributed by atoms with van der Waals surface area (Å²) in [5, 5.41) is 2.79. The largest absolute Gasteiger partial charge is 0.416 e. The van der Waals surface area contributed by atoms with E-state index in [9.17, 15) is 18.0 Å². The molecule has 1 aromatic rings. The Bertz CT molecular complexity index is 537. The van der Waals surface area contributed by atoms with Gasteiger partial charge in [0.2, 0.25) is 5.91 Å². The Morgan fingerprint density at radius 2 is 1.90 bits per heavy atom. The van der Waals surface area contributed by atoms with Gasteiger partial charge in [-0.1, -0.05) is 24.3 Å². The summed E-state index contributed by atoms with van der Waals surface area (Å²) in [5.74, 6) is -0.427. The highest BCUT2D eigenvalue weighted by Gasteiger charge is 2.30. The van der Waals surface area contributed by atoms with Crippen molar-refractivity contribution in [2.24, 2.45) is 11.7 Å². The summed E-state index contributed by atoms with van der Waals surface area (Å²) in [6.45, 7) is 1.74. The number of carbonyl (C=O) groups excluding carboxylic acids is 1. The van der Waals surface area contributed by atoms with Crippen molar-refractivity contribution in [1.29, 1.82) is 0 Å². The fourth-order valence-electron chi connectivity index (χ4n) is 2.29. The molecule has 1 aromatic carbocycles. The van der Waals surface area contributed by atoms with E-state index in [2.05, 4.69) is 5.32 Å². The van der Waals surface area contributed by atoms with Crippen LogP contribution in [0.4, 0.5) is 13.2 Å². The van der Waals surface area contributed by atoms with Gasteiger partial charge in [-0.25, -0.2) is 0 Å². The Kier molecular flexibility index (Phi) is 4.37. The van der Waals surface area contributed by atoms with Crippen molar-refractivity contribution in [2.75, 3.05) is 0 Å². The van der Waals surface area contributed by atoms with Crippen LogP contribution in [0.25, 0.3) is 0 Å². The molecule has 3 N–H and O–H groups in total. The normalized spacial score (nSPS) is 23.1. The third-order valence-electron chi connectivity index (χ3n) is 3.55. The number of alkyl halides is 3. The molecule has 0 saturated carbocycles. The average Bonchev–Trinajstić information content (AvgIpc) is 2.84. The van der Waals surface area contributed by atoms with E-state index in [-0.39, 0.29) is 23.9 Å². The van der Waals surface area contributed by atoms with Gasteiger partial charge in [0.15, 0.2) is 0 Å². The molecule has 0 aliphatic heterocycles. The van der Waals surface area contributed by atoms with Gasteiger partial charge in [-0.05, 0) is 31.0 Å². The fraction of sp³-hybridized carbons (Fsp3) is 0.400. The van der Waals surface area contributed by atoms with Gasteiger partial charge in [-0.3, -0.25) is 4.79 Å². The molecule has 0 fully saturated rings. The zero-order chi connectivity index (χ0) is 15.6. The van der Waals surface area contributed by atoms with Crippen LogP contribution in [-0.2, 0) is 11.0 Å². The first kappa shape index (κ1) is 15.6. The molecule has 0 radical (unpaired) electrons. The molecular formula is C15H17F3N2O. The quantitative estimate of drug-likeness (QED) is 0.843. The van der Waals surface area contributed by atoms with Gasteiger partial charge in [0.05, 0.1) is 17.5 Å². The van der Waals surface area contributed by atoms with Crippen molar-refractivity contribution < 1.29 is 18.0 Å². The summed E-state index contributed by atoms with van der Waals surface area (Å²) in [6.07, 6.45) is -0.242. The standard InChI is InChI=1S/C15H17F3N2O/c1-9(20-14(21)11-4-7-13(19)8-11)10-2-5-12(6-3-10)15(16,17)18/h2-7,9,11,13H,8,19H2,1H3,(H,20,21). The highest BCUT2D eigenvalue weighted by Crippen LogP contribution is 2.30. The molecular weight excluding hydrogens is 281 g/mol. The molecule has 1 amide bonds. The summed E-state index contributed by atoms with van der Waals surface area (Å²) in [7, 11) is 0. The maximum absolute atomic E-state index is 12.5. The van der Waals surface area contributed by atoms with Gasteiger partial charge < -0.3 is 11.1 Å². The van der Waals surface area contributed by atoms with E-state index < -0.39 is 11.7 Å². The van der Waals surface area contributed by atoms with Gasteiger partial charge in [-0.2, -0.15) is 13.2 Å². The fourth-order valence-corrected chi connectivity index (χ4v) is 2.29. The number of nitrogens with one attached hydrogen (secondary N) is 1. The number of carbonyl (C=O) groups is 1. The highest BCUT2D eigenvalue weighted by atomic mass is 19.4. The summed E-state index contributed by atoms with van der Waals surface area (Å²) < 4.78 is 37.4. The molecule has 1 aliphatic rings. The maximum atomic E-state index is 12.5. The maximum Gasteiger partial charge on any atom is 0.416 e. The SMILES string of the molecule is CC(NC(=O)C1C=CC(N)C1)c1ccc(C(F)(F)F)cc1. The Balaban J connectivity index is 1.99. The molecule has 3 nitrogen and oxygen atoms in total. The number of amides is 1. The summed E-state index contributed by atoms with van der Waals surface area (Å²) in [6, 6.07) is 4.33. The Morgan fingerprint density at radius 3 is 2.38 bits per heavy atom. The minimum atomic E-state index is -4.35. The van der Waals surface area contributed by atoms with Crippen LogP contribution in [-0.4, -0.2) is 11.9 Å². The van der Waals surface area contributed by atoms with Crippen LogP contribution in [0.2, 0.25) is 0 Å². The van der Waals surface area contributed by atoms with E-state index >= 15 is 0 Å². The lowest BCUT2D eigenvalue weighted by molar-refractivity contribution is -0.137. The summed E-state index contributed by atoms with van der Waals surface area (Å²) in [4.78, 5) is 12.0. The third-order valence-corrected chi connectivity index (χ3v) is 3.55. The number of rotatable bonds is 3. The van der Waals surface area contributed by atoms with Crippen molar-refractivity contribution in [3.05, 3.63) is 47.5 Å². The molecule has 6 heteroatoms. The van der Waals surface area contributed by atoms with Crippen LogP contribution in [0.1, 0.15) is 30.5 Å². The van der Waals surface area contributed by atoms with E-state index in [4.69, 9.17) is 5.73 Å². The monoisotopic (exact) mass is 298 g/mol. The highest BCUT2D eigenvalue weighted by molar-refractivity contribution is 5.81. The third kappa shape index (κ3) is 3.85. The number of hydrogen-bond acceptors (Lipinski definition) is 2. The van der Waals surface area contributed by atoms with Crippen LogP contribution in [0.3, 0.4) is 0 Å². The molecule has 114 valence electrons. The molecule has 0 aromatic heterocycles. The minimum absolute atomic E-state index is 0.109. The summed E-state index contributed by atoms with van der Waals surface area (Å²) in [5.41, 5.74) is 5.62. The molecule has 3 atom stereocenters. The van der Waals surface area contributed by atoms with Crippen LogP contribution in [0.15, 0.2) is 36.4 Å². The molecule has 0 saturated heterocycles. The van der Waals surface area contributed by atoms with Crippen LogP contribution in [0, 0.1) is 5.92 Å². The zero-order valence-electron chi connectivity index (χ0n) is 11.5. The molecule has 3 unspecified atom stereocenters. The smallest absolute Gasteiger partial charge is 0.349 e. The van der Waals surface area contributed by atoms with E-state index in [0.717, 1.165) is 12.1 Å². The summed E-state index contributed by atoms with van der Waals surface area (Å²) >= 11 is 0. The van der Waals surface area contributed by atoms with Gasteiger partial charge >= 0.3 is 6.18 Å². The molecule has 0 spiro atoms. The number of hydrogen-bond donors (Lipinski definition) is 2. The molecule has 1 aliphatic carbocycles. The second-order valence-corrected chi connectivity index (χ2v) is 5.24. The second-order valence-electron chi connectivity index (χ2n) is 5.24. The first-order valence-corrected chi connectivity index (χ1v) is 6.69. The van der Waals surface area contributed by atoms with Crippen molar-refractivity contribution in [1.82, 2.24) is 5.32 Å². The number of halogens is 3. The van der Waals surface area contributed by atoms with Crippen LogP contribution >= 0.6 is 0 Å². The minimum Gasteiger partial charge on any atom is -0.349 e. The zero-order valence-corrected chi connectivity index (χ0v) is 11.5. The van der Waals surface area contributed by atoms with Crippen molar-refractivity contribution in [2.45, 2.75) is 31.6 Å². The van der Waals surface area contributed by atoms with E-state index in [0.29, 0.717) is 12.0 Å². The first-order valence-electron chi connectivity index (χ1n) is 6.69. The van der Waals surface area contributed by atoms with Crippen LogP contribution in [0.5, 0.6) is 0 Å². The number of benzene rings is 1. The average molecular weight is 298 g/mol. The van der Waals surface area contributed by atoms with Crippen molar-refractivity contribution >= 4 is 5.91 Å². The lowest BCUT2D eigenvalue weighted by Crippen LogP contribution is -2.32. The van der Waals surface area contributed by atoms with Gasteiger partial charge in [0.1, 0.15) is 0 Å². The molecule has 2 rings (SSSR count). The van der Waals surface area contributed by atoms with E-state index in [1.165, 1.54) is 12.1 Å². The van der Waals surface area contributed by atoms with Crippen LogP contribution < -0.4 is 11.1 Å². The lowest BCUT2D eigenvalue weighted by atomic mass is 10.0. The topological polar surface area (TPSA) is 55.1 Å². The Morgan fingerprint density at radius 1 is 1.29 bits per heavy atom. The van der Waals surface area contributed by atoms with Gasteiger partial charge in [-0.15, -0.1) is 0 Å². The second kappa shape index (κ2) is 5.89. The van der Waals surface area contributed by atoms with E-state index in [1.807, 2.05) is 0 Å². The van der Waals surface area contributed by atoms with Gasteiger partial charge in [0.25, 0.3) is 0 Å². The lowest BCUT2D eigenvalue weighted by Gasteiger charge is -2.18. The molecule has 0 heterocycles. The predicted molar refractivity (Wildman–Crippen MR) is 73.2 cm³/mol. The Hall–Kier alpha value is -1.82. The van der Waals surface area contributed by atoms with Gasteiger partial charge in [0, 0.05) is 6.04 Å². The van der Waals surface area contributed by atoms with Crippen molar-refractivity contribution in [3.8, 4) is 0 Å². The number of nitrogens with two attached hydrogens (primary N) is 1.